The number of benzene rings is 1. The Morgan fingerprint density at radius 3 is 2.88 bits per heavy atom. The maximum absolute atomic E-state index is 14.0. The van der Waals surface area contributed by atoms with Gasteiger partial charge in [-0.3, -0.25) is 4.79 Å². The molecule has 2 aromatic heterocycles. The van der Waals surface area contributed by atoms with Gasteiger partial charge in [0.05, 0.1) is 18.7 Å². The van der Waals surface area contributed by atoms with Crippen LogP contribution in [-0.2, 0) is 6.54 Å². The van der Waals surface area contributed by atoms with E-state index in [1.54, 1.807) is 35.4 Å². The molecule has 0 radical (unpaired) electrons. The minimum Gasteiger partial charge on any atom is -0.493 e. The van der Waals surface area contributed by atoms with E-state index < -0.39 is 11.8 Å². The molecule has 7 nitrogen and oxygen atoms in total. The van der Waals surface area contributed by atoms with Crippen molar-refractivity contribution in [3.05, 3.63) is 54.4 Å². The first-order valence-electron chi connectivity index (χ1n) is 11.2. The van der Waals surface area contributed by atoms with Crippen LogP contribution in [0.5, 0.6) is 5.75 Å². The number of carbonyl (C=O) groups excluding carboxylic acids is 1. The molecule has 0 spiro atoms. The third-order valence-electron chi connectivity index (χ3n) is 5.95. The van der Waals surface area contributed by atoms with E-state index in [0.29, 0.717) is 48.1 Å². The smallest absolute Gasteiger partial charge is 0.265 e. The average Bonchev–Trinajstić information content (AvgIpc) is 3.26. The van der Waals surface area contributed by atoms with Crippen LogP contribution in [0.25, 0.3) is 11.5 Å². The van der Waals surface area contributed by atoms with Gasteiger partial charge >= 0.3 is 0 Å². The summed E-state index contributed by atoms with van der Waals surface area (Å²) in [4.78, 5) is 23.8. The van der Waals surface area contributed by atoms with Crippen molar-refractivity contribution in [2.45, 2.75) is 38.2 Å². The van der Waals surface area contributed by atoms with Crippen molar-refractivity contribution >= 4 is 17.4 Å². The molecule has 0 atom stereocenters. The fraction of sp³-hybridized carbons (Fsp3) is 0.375. The van der Waals surface area contributed by atoms with Crippen LogP contribution in [0.1, 0.15) is 36.0 Å². The molecule has 1 saturated heterocycles. The lowest BCUT2D eigenvalue weighted by Gasteiger charge is -2.34. The molecule has 172 valence electrons. The standard InChI is InChI=1S/C24H25F2N5O2/c25-24(26)9-4-12-31(16-24)17-7-8-20-18(15-17)23(32)29-21-6-3-5-19(28-21)22-27-10-13-30(22)11-1-2-14-33-20/h3,5-8,10,13,15H,1-2,4,9,11-12,14,16H2,(H,28,29,32). The number of ether oxygens (including phenoxy) is 1. The van der Waals surface area contributed by atoms with Crippen LogP contribution >= 0.6 is 0 Å². The molecule has 3 aromatic rings. The number of amides is 1. The topological polar surface area (TPSA) is 72.3 Å². The molecule has 4 heterocycles. The molecular formula is C24H25F2N5O2. The summed E-state index contributed by atoms with van der Waals surface area (Å²) < 4.78 is 35.9. The zero-order chi connectivity index (χ0) is 22.8. The van der Waals surface area contributed by atoms with Gasteiger partial charge in [0.25, 0.3) is 11.8 Å². The Morgan fingerprint density at radius 2 is 2.00 bits per heavy atom. The quantitative estimate of drug-likeness (QED) is 0.583. The molecule has 1 amide bonds. The highest BCUT2D eigenvalue weighted by atomic mass is 19.3. The summed E-state index contributed by atoms with van der Waals surface area (Å²) in [5, 5.41) is 2.83. The number of fused-ring (bicyclic) bond motifs is 5. The molecule has 2 bridgehead atoms. The number of nitrogens with zero attached hydrogens (tertiary/aromatic N) is 4. The van der Waals surface area contributed by atoms with E-state index in [2.05, 4.69) is 15.3 Å². The molecule has 1 N–H and O–H groups in total. The van der Waals surface area contributed by atoms with Crippen LogP contribution in [-0.4, -0.2) is 46.1 Å². The average molecular weight is 453 g/mol. The van der Waals surface area contributed by atoms with Crippen molar-refractivity contribution in [1.82, 2.24) is 14.5 Å². The van der Waals surface area contributed by atoms with Crippen LogP contribution < -0.4 is 15.0 Å². The zero-order valence-electron chi connectivity index (χ0n) is 18.1. The molecule has 2 aliphatic heterocycles. The number of pyridine rings is 1. The normalized spacial score (nSPS) is 18.4. The second kappa shape index (κ2) is 8.80. The number of anilines is 2. The fourth-order valence-electron chi connectivity index (χ4n) is 4.31. The monoisotopic (exact) mass is 453 g/mol. The molecule has 2 aliphatic rings. The van der Waals surface area contributed by atoms with Gasteiger partial charge in [-0.2, -0.15) is 0 Å². The maximum atomic E-state index is 14.0. The van der Waals surface area contributed by atoms with Crippen molar-refractivity contribution in [1.29, 1.82) is 0 Å². The highest BCUT2D eigenvalue weighted by Gasteiger charge is 2.35. The number of piperidine rings is 1. The first-order chi connectivity index (χ1) is 16.0. The Hall–Kier alpha value is -3.49. The van der Waals surface area contributed by atoms with E-state index in [1.807, 2.05) is 22.9 Å². The molecule has 1 aromatic carbocycles. The van der Waals surface area contributed by atoms with Crippen molar-refractivity contribution in [3.8, 4) is 17.3 Å². The van der Waals surface area contributed by atoms with Gasteiger partial charge in [-0.05, 0) is 49.6 Å². The Bertz CT molecular complexity index is 1160. The van der Waals surface area contributed by atoms with Crippen LogP contribution in [0.3, 0.4) is 0 Å². The summed E-state index contributed by atoms with van der Waals surface area (Å²) in [5.74, 6) is -1.60. The minimum atomic E-state index is -2.74. The number of halogens is 2. The number of aromatic nitrogens is 3. The number of alkyl halides is 2. The van der Waals surface area contributed by atoms with E-state index in [-0.39, 0.29) is 13.0 Å². The van der Waals surface area contributed by atoms with E-state index in [1.165, 1.54) is 0 Å². The van der Waals surface area contributed by atoms with Crippen LogP contribution in [0.15, 0.2) is 48.8 Å². The summed E-state index contributed by atoms with van der Waals surface area (Å²) >= 11 is 0. The molecular weight excluding hydrogens is 428 g/mol. The van der Waals surface area contributed by atoms with Crippen molar-refractivity contribution in [2.24, 2.45) is 0 Å². The Labute approximate surface area is 190 Å². The second-order valence-electron chi connectivity index (χ2n) is 8.42. The van der Waals surface area contributed by atoms with Gasteiger partial charge in [0.15, 0.2) is 5.82 Å². The molecule has 0 saturated carbocycles. The highest BCUT2D eigenvalue weighted by Crippen LogP contribution is 2.33. The van der Waals surface area contributed by atoms with Gasteiger partial charge in [-0.15, -0.1) is 0 Å². The molecule has 1 fully saturated rings. The number of nitrogens with one attached hydrogen (secondary N) is 1. The third-order valence-corrected chi connectivity index (χ3v) is 5.95. The van der Waals surface area contributed by atoms with E-state index in [9.17, 15) is 13.6 Å². The number of imidazole rings is 1. The lowest BCUT2D eigenvalue weighted by Crippen LogP contribution is -2.42. The van der Waals surface area contributed by atoms with Crippen LogP contribution in [0, 0.1) is 0 Å². The predicted molar refractivity (Wildman–Crippen MR) is 121 cm³/mol. The van der Waals surface area contributed by atoms with Gasteiger partial charge in [0, 0.05) is 37.6 Å². The Balaban J connectivity index is 1.48. The third kappa shape index (κ3) is 4.67. The Morgan fingerprint density at radius 1 is 1.09 bits per heavy atom. The molecule has 9 heteroatoms. The van der Waals surface area contributed by atoms with E-state index >= 15 is 0 Å². The molecule has 5 rings (SSSR count). The first kappa shape index (κ1) is 21.4. The summed E-state index contributed by atoms with van der Waals surface area (Å²) in [6.45, 7) is 1.37. The minimum absolute atomic E-state index is 0.113. The van der Waals surface area contributed by atoms with Gasteiger partial charge in [-0.1, -0.05) is 6.07 Å². The van der Waals surface area contributed by atoms with E-state index in [4.69, 9.17) is 4.74 Å². The van der Waals surface area contributed by atoms with Crippen molar-refractivity contribution in [2.75, 3.05) is 29.9 Å². The van der Waals surface area contributed by atoms with Crippen molar-refractivity contribution < 1.29 is 18.3 Å². The fourth-order valence-corrected chi connectivity index (χ4v) is 4.31. The van der Waals surface area contributed by atoms with Gasteiger partial charge in [-0.25, -0.2) is 18.7 Å². The summed E-state index contributed by atoms with van der Waals surface area (Å²) in [7, 11) is 0. The van der Waals surface area contributed by atoms with E-state index in [0.717, 1.165) is 25.2 Å². The molecule has 33 heavy (non-hydrogen) atoms. The van der Waals surface area contributed by atoms with Gasteiger partial charge < -0.3 is 19.5 Å². The predicted octanol–water partition coefficient (Wildman–Crippen LogP) is 4.61. The van der Waals surface area contributed by atoms with Crippen LogP contribution in [0.4, 0.5) is 20.3 Å². The Kier molecular flexibility index (Phi) is 5.70. The summed E-state index contributed by atoms with van der Waals surface area (Å²) in [6, 6.07) is 10.4. The first-order valence-corrected chi connectivity index (χ1v) is 11.2. The molecule has 0 unspecified atom stereocenters. The van der Waals surface area contributed by atoms with Crippen LogP contribution in [0.2, 0.25) is 0 Å². The number of rotatable bonds is 1. The largest absolute Gasteiger partial charge is 0.493 e. The molecule has 0 aliphatic carbocycles. The number of aryl methyl sites for hydroxylation is 1. The number of carbonyl (C=O) groups is 1. The SMILES string of the molecule is O=C1Nc2cccc(n2)-c2nccn2CCCCOc2ccc(N3CCCC(F)(F)C3)cc21. The summed E-state index contributed by atoms with van der Waals surface area (Å²) in [6.07, 6.45) is 5.59. The van der Waals surface area contributed by atoms with Gasteiger partial charge in [0.2, 0.25) is 0 Å². The highest BCUT2D eigenvalue weighted by molar-refractivity contribution is 6.06. The maximum Gasteiger partial charge on any atom is 0.265 e. The lowest BCUT2D eigenvalue weighted by molar-refractivity contribution is -0.0116. The number of hydrogen-bond acceptors (Lipinski definition) is 5. The lowest BCUT2D eigenvalue weighted by atomic mass is 10.1. The second-order valence-corrected chi connectivity index (χ2v) is 8.42. The van der Waals surface area contributed by atoms with Gasteiger partial charge in [0.1, 0.15) is 17.3 Å². The summed E-state index contributed by atoms with van der Waals surface area (Å²) in [5.41, 5.74) is 1.54. The zero-order valence-corrected chi connectivity index (χ0v) is 18.1. The van der Waals surface area contributed by atoms with Crippen molar-refractivity contribution in [3.63, 3.8) is 0 Å². The number of hydrogen-bond donors (Lipinski definition) is 1.